The van der Waals surface area contributed by atoms with E-state index >= 15 is 0 Å². The molecule has 1 aromatic heterocycles. The third-order valence-electron chi connectivity index (χ3n) is 4.37. The van der Waals surface area contributed by atoms with Crippen molar-refractivity contribution in [3.8, 4) is 0 Å². The molecule has 3 heteroatoms. The first-order chi connectivity index (χ1) is 10.4. The van der Waals surface area contributed by atoms with Crippen molar-refractivity contribution in [1.82, 2.24) is 10.3 Å². The molecule has 1 aliphatic rings. The van der Waals surface area contributed by atoms with Crippen molar-refractivity contribution in [3.05, 3.63) is 42.1 Å². The molecule has 0 saturated carbocycles. The maximum atomic E-state index is 5.70. The molecular formula is C18H24N2O. The average molecular weight is 284 g/mol. The quantitative estimate of drug-likeness (QED) is 0.875. The lowest BCUT2D eigenvalue weighted by atomic mass is 10.0. The Kier molecular flexibility index (Phi) is 4.84. The molecule has 112 valence electrons. The van der Waals surface area contributed by atoms with E-state index in [1.807, 2.05) is 13.1 Å². The van der Waals surface area contributed by atoms with Crippen molar-refractivity contribution in [2.24, 2.45) is 0 Å². The van der Waals surface area contributed by atoms with Crippen LogP contribution >= 0.6 is 0 Å². The Bertz CT molecular complexity index is 578. The second-order valence-corrected chi connectivity index (χ2v) is 5.84. The maximum Gasteiger partial charge on any atom is 0.0706 e. The summed E-state index contributed by atoms with van der Waals surface area (Å²) in [4.78, 5) is 4.80. The standard InChI is InChI=1S/C18H24N2O/c1-19-17(10-4-7-15-8-5-13-21-15)18-12-11-14-6-2-3-9-16(14)20-18/h2-3,6,9,11-12,15,17,19H,4-5,7-8,10,13H2,1H3. The van der Waals surface area contributed by atoms with E-state index in [0.29, 0.717) is 12.1 Å². The van der Waals surface area contributed by atoms with Crippen LogP contribution in [0.25, 0.3) is 10.9 Å². The predicted molar refractivity (Wildman–Crippen MR) is 86.4 cm³/mol. The van der Waals surface area contributed by atoms with Crippen LogP contribution < -0.4 is 5.32 Å². The van der Waals surface area contributed by atoms with Gasteiger partial charge in [0.05, 0.1) is 17.3 Å². The first-order valence-electron chi connectivity index (χ1n) is 8.01. The highest BCUT2D eigenvalue weighted by Gasteiger charge is 2.17. The summed E-state index contributed by atoms with van der Waals surface area (Å²) in [6.07, 6.45) is 6.43. The van der Waals surface area contributed by atoms with Crippen LogP contribution in [0.15, 0.2) is 36.4 Å². The Balaban J connectivity index is 1.63. The van der Waals surface area contributed by atoms with Crippen LogP contribution in [0, 0.1) is 0 Å². The molecule has 3 rings (SSSR count). The van der Waals surface area contributed by atoms with Crippen LogP contribution in [-0.4, -0.2) is 24.7 Å². The molecule has 0 aliphatic carbocycles. The fourth-order valence-corrected chi connectivity index (χ4v) is 3.14. The molecule has 1 saturated heterocycles. The van der Waals surface area contributed by atoms with Gasteiger partial charge in [-0.25, -0.2) is 0 Å². The van der Waals surface area contributed by atoms with Crippen LogP contribution in [0.2, 0.25) is 0 Å². The van der Waals surface area contributed by atoms with Crippen molar-refractivity contribution >= 4 is 10.9 Å². The zero-order chi connectivity index (χ0) is 14.5. The molecule has 2 heterocycles. The zero-order valence-corrected chi connectivity index (χ0v) is 12.7. The number of hydrogen-bond acceptors (Lipinski definition) is 3. The maximum absolute atomic E-state index is 5.70. The van der Waals surface area contributed by atoms with Gasteiger partial charge in [0, 0.05) is 18.0 Å². The highest BCUT2D eigenvalue weighted by atomic mass is 16.5. The minimum Gasteiger partial charge on any atom is -0.378 e. The molecular weight excluding hydrogens is 260 g/mol. The monoisotopic (exact) mass is 284 g/mol. The highest BCUT2D eigenvalue weighted by Crippen LogP contribution is 2.23. The van der Waals surface area contributed by atoms with Crippen molar-refractivity contribution in [3.63, 3.8) is 0 Å². The number of nitrogens with one attached hydrogen (secondary N) is 1. The summed E-state index contributed by atoms with van der Waals surface area (Å²) < 4.78 is 5.70. The van der Waals surface area contributed by atoms with Gasteiger partial charge in [-0.1, -0.05) is 24.3 Å². The van der Waals surface area contributed by atoms with E-state index in [-0.39, 0.29) is 0 Å². The molecule has 1 aliphatic heterocycles. The number of rotatable bonds is 6. The molecule has 2 atom stereocenters. The minimum atomic E-state index is 0.330. The lowest BCUT2D eigenvalue weighted by Crippen LogP contribution is -2.18. The van der Waals surface area contributed by atoms with Gasteiger partial charge in [-0.3, -0.25) is 4.98 Å². The van der Waals surface area contributed by atoms with Gasteiger partial charge in [-0.15, -0.1) is 0 Å². The molecule has 0 spiro atoms. The first-order valence-corrected chi connectivity index (χ1v) is 8.01. The average Bonchev–Trinajstić information content (AvgIpc) is 3.04. The Hall–Kier alpha value is -1.45. The SMILES string of the molecule is CNC(CCCC1CCCO1)c1ccc2ccccc2n1. The Labute approximate surface area is 126 Å². The lowest BCUT2D eigenvalue weighted by molar-refractivity contribution is 0.101. The highest BCUT2D eigenvalue weighted by molar-refractivity contribution is 5.78. The number of nitrogens with zero attached hydrogens (tertiary/aromatic N) is 1. The van der Waals surface area contributed by atoms with Gasteiger partial charge in [0.25, 0.3) is 0 Å². The van der Waals surface area contributed by atoms with E-state index < -0.39 is 0 Å². The minimum absolute atomic E-state index is 0.330. The summed E-state index contributed by atoms with van der Waals surface area (Å²) in [5, 5.41) is 4.61. The van der Waals surface area contributed by atoms with Crippen LogP contribution in [0.1, 0.15) is 43.8 Å². The summed E-state index contributed by atoms with van der Waals surface area (Å²) in [6, 6.07) is 12.9. The van der Waals surface area contributed by atoms with Gasteiger partial charge >= 0.3 is 0 Å². The number of hydrogen-bond donors (Lipinski definition) is 1. The molecule has 0 amide bonds. The lowest BCUT2D eigenvalue weighted by Gasteiger charge is -2.17. The Morgan fingerprint density at radius 1 is 1.29 bits per heavy atom. The molecule has 1 N–H and O–H groups in total. The van der Waals surface area contributed by atoms with Crippen LogP contribution in [-0.2, 0) is 4.74 Å². The van der Waals surface area contributed by atoms with Crippen molar-refractivity contribution in [2.75, 3.05) is 13.7 Å². The molecule has 2 aromatic rings. The molecule has 1 fully saturated rings. The Morgan fingerprint density at radius 2 is 2.19 bits per heavy atom. The third kappa shape index (κ3) is 3.60. The van der Waals surface area contributed by atoms with E-state index in [1.54, 1.807) is 0 Å². The van der Waals surface area contributed by atoms with E-state index in [4.69, 9.17) is 9.72 Å². The van der Waals surface area contributed by atoms with Gasteiger partial charge in [0.1, 0.15) is 0 Å². The predicted octanol–water partition coefficient (Wildman–Crippen LogP) is 3.84. The van der Waals surface area contributed by atoms with Crippen molar-refractivity contribution < 1.29 is 4.74 Å². The number of para-hydroxylation sites is 1. The molecule has 3 nitrogen and oxygen atoms in total. The summed E-state index contributed by atoms with van der Waals surface area (Å²) in [5.74, 6) is 0. The fraction of sp³-hybridized carbons (Fsp3) is 0.500. The zero-order valence-electron chi connectivity index (χ0n) is 12.7. The number of pyridine rings is 1. The van der Waals surface area contributed by atoms with E-state index in [0.717, 1.165) is 24.2 Å². The van der Waals surface area contributed by atoms with Gasteiger partial charge in [0.2, 0.25) is 0 Å². The number of fused-ring (bicyclic) bond motifs is 1. The third-order valence-corrected chi connectivity index (χ3v) is 4.37. The topological polar surface area (TPSA) is 34.1 Å². The van der Waals surface area contributed by atoms with E-state index in [2.05, 4.69) is 35.6 Å². The largest absolute Gasteiger partial charge is 0.378 e. The first kappa shape index (κ1) is 14.5. The Morgan fingerprint density at radius 3 is 3.00 bits per heavy atom. The van der Waals surface area contributed by atoms with Gasteiger partial charge in [-0.2, -0.15) is 0 Å². The van der Waals surface area contributed by atoms with E-state index in [9.17, 15) is 0 Å². The second kappa shape index (κ2) is 7.01. The van der Waals surface area contributed by atoms with Gasteiger partial charge < -0.3 is 10.1 Å². The molecule has 0 bridgehead atoms. The number of ether oxygens (including phenoxy) is 1. The van der Waals surface area contributed by atoms with Crippen LogP contribution in [0.3, 0.4) is 0 Å². The second-order valence-electron chi connectivity index (χ2n) is 5.84. The van der Waals surface area contributed by atoms with Crippen LogP contribution in [0.5, 0.6) is 0 Å². The summed E-state index contributed by atoms with van der Waals surface area (Å²) in [7, 11) is 2.02. The normalized spacial score (nSPS) is 20.0. The number of aromatic nitrogens is 1. The number of benzene rings is 1. The smallest absolute Gasteiger partial charge is 0.0706 e. The van der Waals surface area contributed by atoms with Crippen LogP contribution in [0.4, 0.5) is 0 Å². The van der Waals surface area contributed by atoms with Gasteiger partial charge in [-0.05, 0) is 51.3 Å². The van der Waals surface area contributed by atoms with Crippen molar-refractivity contribution in [1.29, 1.82) is 0 Å². The molecule has 0 radical (unpaired) electrons. The summed E-state index contributed by atoms with van der Waals surface area (Å²) in [5.41, 5.74) is 2.22. The van der Waals surface area contributed by atoms with Gasteiger partial charge in [0.15, 0.2) is 0 Å². The molecule has 21 heavy (non-hydrogen) atoms. The fourth-order valence-electron chi connectivity index (χ4n) is 3.14. The van der Waals surface area contributed by atoms with Crippen molar-refractivity contribution in [2.45, 2.75) is 44.2 Å². The summed E-state index contributed by atoms with van der Waals surface area (Å²) >= 11 is 0. The molecule has 2 unspecified atom stereocenters. The van der Waals surface area contributed by atoms with E-state index in [1.165, 1.54) is 31.1 Å². The molecule has 1 aromatic carbocycles. The summed E-state index contributed by atoms with van der Waals surface area (Å²) in [6.45, 7) is 0.951.